The monoisotopic (exact) mass is 901 g/mol. The molecule has 0 saturated heterocycles. The molecule has 6 unspecified atom stereocenters. The number of hydrogen-bond donors (Lipinski definition) is 6. The molecule has 360 valence electrons. The highest BCUT2D eigenvalue weighted by atomic mass is 31.2. The molecule has 0 spiro atoms. The van der Waals surface area contributed by atoms with Crippen LogP contribution in [0.25, 0.3) is 0 Å². The van der Waals surface area contributed by atoms with Gasteiger partial charge in [-0.15, -0.1) is 0 Å². The maximum atomic E-state index is 12.8. The van der Waals surface area contributed by atoms with Crippen LogP contribution >= 0.6 is 7.82 Å². The second kappa shape index (κ2) is 38.1. The van der Waals surface area contributed by atoms with Crippen LogP contribution in [0.3, 0.4) is 0 Å². The van der Waals surface area contributed by atoms with Crippen LogP contribution in [0, 0.1) is 0 Å². The highest BCUT2D eigenvalue weighted by molar-refractivity contribution is 7.47. The van der Waals surface area contributed by atoms with Gasteiger partial charge in [-0.2, -0.15) is 0 Å². The average Bonchev–Trinajstić information content (AvgIpc) is 3.25. The Morgan fingerprint density at radius 2 is 0.887 bits per heavy atom. The Hall–Kier alpha value is -2.19. The first-order chi connectivity index (χ1) is 29.9. The lowest BCUT2D eigenvalue weighted by Gasteiger charge is -2.41. The number of phosphoric acid groups is 1. The average molecular weight is 901 g/mol. The van der Waals surface area contributed by atoms with Gasteiger partial charge in [0.1, 0.15) is 43.2 Å². The minimum absolute atomic E-state index is 0.0214. The third-order valence-corrected chi connectivity index (χ3v) is 11.9. The summed E-state index contributed by atoms with van der Waals surface area (Å²) in [7, 11) is -5.13. The van der Waals surface area contributed by atoms with E-state index in [-0.39, 0.29) is 12.8 Å². The zero-order valence-corrected chi connectivity index (χ0v) is 39.0. The summed E-state index contributed by atoms with van der Waals surface area (Å²) >= 11 is 0. The first-order valence-corrected chi connectivity index (χ1v) is 25.4. The first kappa shape index (κ1) is 57.8. The number of allylic oxidation sites excluding steroid dienone is 8. The van der Waals surface area contributed by atoms with E-state index in [1.165, 1.54) is 96.3 Å². The smallest absolute Gasteiger partial charge is 0.462 e. The van der Waals surface area contributed by atoms with Crippen molar-refractivity contribution in [3.05, 3.63) is 48.6 Å². The van der Waals surface area contributed by atoms with E-state index in [1.807, 2.05) is 12.2 Å². The van der Waals surface area contributed by atoms with Crippen LogP contribution in [0.2, 0.25) is 0 Å². The van der Waals surface area contributed by atoms with E-state index in [0.717, 1.165) is 44.9 Å². The summed E-state index contributed by atoms with van der Waals surface area (Å²) in [6.45, 7) is 3.25. The normalized spacial score (nSPS) is 22.3. The van der Waals surface area contributed by atoms with E-state index in [4.69, 9.17) is 18.5 Å². The van der Waals surface area contributed by atoms with Gasteiger partial charge in [0.25, 0.3) is 0 Å². The van der Waals surface area contributed by atoms with Crippen LogP contribution in [-0.4, -0.2) is 98.3 Å². The molecule has 0 aromatic rings. The maximum absolute atomic E-state index is 12.8. The Balaban J connectivity index is 2.48. The molecule has 0 aliphatic heterocycles. The lowest BCUT2D eigenvalue weighted by Crippen LogP contribution is -2.64. The number of ether oxygens (including phenoxy) is 2. The summed E-state index contributed by atoms with van der Waals surface area (Å²) in [6, 6.07) is 0. The standard InChI is InChI=1S/C48H85O13P/c1-3-5-7-9-11-13-15-17-18-19-20-21-22-23-24-25-27-29-31-33-35-37-42(50)60-40(38-58-41(49)36-34-32-30-28-26-16-14-12-10-8-6-4-2)39-59-62(56,57)61-48-46(54)44(52)43(51)45(53)47(48)55/h18-19,21-22,24-25,29,31,40,43-48,51-55H,3-17,20,23,26-28,30,32-39H2,1-2H3,(H,56,57)/b19-18+,22-21+,25-24+,31-29+/t40-,43?,44+,45?,46?,47?,48?/m1/s1. The van der Waals surface area contributed by atoms with E-state index in [2.05, 4.69) is 50.3 Å². The van der Waals surface area contributed by atoms with Crippen molar-refractivity contribution in [2.24, 2.45) is 0 Å². The highest BCUT2D eigenvalue weighted by Gasteiger charge is 2.51. The van der Waals surface area contributed by atoms with E-state index >= 15 is 0 Å². The van der Waals surface area contributed by atoms with Crippen molar-refractivity contribution in [3.63, 3.8) is 0 Å². The molecule has 0 amide bonds. The predicted molar refractivity (Wildman–Crippen MR) is 244 cm³/mol. The van der Waals surface area contributed by atoms with Crippen molar-refractivity contribution >= 4 is 19.8 Å². The summed E-state index contributed by atoms with van der Waals surface area (Å²) in [4.78, 5) is 35.7. The van der Waals surface area contributed by atoms with Crippen LogP contribution < -0.4 is 0 Å². The third-order valence-electron chi connectivity index (χ3n) is 10.9. The van der Waals surface area contributed by atoms with Crippen molar-refractivity contribution < 1.29 is 63.1 Å². The molecule has 0 bridgehead atoms. The minimum Gasteiger partial charge on any atom is -0.462 e. The zero-order chi connectivity index (χ0) is 45.7. The van der Waals surface area contributed by atoms with Gasteiger partial charge in [0, 0.05) is 12.8 Å². The molecular formula is C48H85O13P. The predicted octanol–water partition coefficient (Wildman–Crippen LogP) is 9.56. The Labute approximate surface area is 373 Å². The first-order valence-electron chi connectivity index (χ1n) is 23.9. The van der Waals surface area contributed by atoms with E-state index < -0.39 is 75.7 Å². The molecule has 0 heterocycles. The largest absolute Gasteiger partial charge is 0.472 e. The maximum Gasteiger partial charge on any atom is 0.472 e. The molecule has 0 aromatic heterocycles. The van der Waals surface area contributed by atoms with Gasteiger partial charge < -0.3 is 39.9 Å². The zero-order valence-electron chi connectivity index (χ0n) is 38.2. The number of unbranched alkanes of at least 4 members (excludes halogenated alkanes) is 19. The lowest BCUT2D eigenvalue weighted by atomic mass is 9.85. The SMILES string of the molecule is CCCCCCCCC/C=C/C/C=C/C/C=C/C/C=C/CCCC(=O)O[C@H](COC(=O)CCCCCCCCCCCCCC)COP(=O)(O)OC1C(O)C(O)C(O)[C@H](O)C1O. The molecule has 1 aliphatic rings. The Morgan fingerprint density at radius 3 is 1.37 bits per heavy atom. The number of aliphatic hydroxyl groups excluding tert-OH is 5. The van der Waals surface area contributed by atoms with Crippen molar-refractivity contribution in [3.8, 4) is 0 Å². The van der Waals surface area contributed by atoms with Gasteiger partial charge in [-0.3, -0.25) is 18.6 Å². The van der Waals surface area contributed by atoms with Crippen LogP contribution in [0.4, 0.5) is 0 Å². The molecule has 8 atom stereocenters. The number of phosphoric ester groups is 1. The fraction of sp³-hybridized carbons (Fsp3) is 0.792. The Morgan fingerprint density at radius 1 is 0.500 bits per heavy atom. The van der Waals surface area contributed by atoms with Crippen molar-refractivity contribution in [1.82, 2.24) is 0 Å². The van der Waals surface area contributed by atoms with Gasteiger partial charge in [0.15, 0.2) is 6.10 Å². The van der Waals surface area contributed by atoms with Gasteiger partial charge >= 0.3 is 19.8 Å². The van der Waals surface area contributed by atoms with Gasteiger partial charge in [0.2, 0.25) is 0 Å². The van der Waals surface area contributed by atoms with Crippen molar-refractivity contribution in [1.29, 1.82) is 0 Å². The number of carbonyl (C=O) groups excluding carboxylic acids is 2. The summed E-state index contributed by atoms with van der Waals surface area (Å²) in [5.41, 5.74) is 0. The minimum atomic E-state index is -5.13. The summed E-state index contributed by atoms with van der Waals surface area (Å²) in [5.74, 6) is -1.16. The molecule has 0 aromatic carbocycles. The topological polar surface area (TPSA) is 210 Å². The number of esters is 2. The molecule has 62 heavy (non-hydrogen) atoms. The number of aliphatic hydroxyl groups is 5. The van der Waals surface area contributed by atoms with E-state index in [9.17, 15) is 44.6 Å². The van der Waals surface area contributed by atoms with E-state index in [1.54, 1.807) is 0 Å². The van der Waals surface area contributed by atoms with Crippen molar-refractivity contribution in [2.45, 2.75) is 230 Å². The Kier molecular flexibility index (Phi) is 35.5. The quantitative estimate of drug-likeness (QED) is 0.0147. The van der Waals surface area contributed by atoms with Crippen LogP contribution in [0.15, 0.2) is 48.6 Å². The van der Waals surface area contributed by atoms with Gasteiger partial charge in [-0.25, -0.2) is 4.57 Å². The number of hydrogen-bond acceptors (Lipinski definition) is 12. The molecule has 1 rings (SSSR count). The molecule has 14 heteroatoms. The molecule has 6 N–H and O–H groups in total. The number of carbonyl (C=O) groups is 2. The summed E-state index contributed by atoms with van der Waals surface area (Å²) < 4.78 is 33.5. The second-order valence-corrected chi connectivity index (χ2v) is 18.0. The van der Waals surface area contributed by atoms with Crippen molar-refractivity contribution in [2.75, 3.05) is 13.2 Å². The second-order valence-electron chi connectivity index (χ2n) is 16.6. The van der Waals surface area contributed by atoms with Gasteiger partial charge in [0.05, 0.1) is 6.61 Å². The molecular weight excluding hydrogens is 815 g/mol. The fourth-order valence-corrected chi connectivity index (χ4v) is 8.02. The van der Waals surface area contributed by atoms with Gasteiger partial charge in [-0.1, -0.05) is 172 Å². The van der Waals surface area contributed by atoms with Crippen LogP contribution in [-0.2, 0) is 32.7 Å². The molecule has 1 fully saturated rings. The van der Waals surface area contributed by atoms with Gasteiger partial charge in [-0.05, 0) is 51.4 Å². The van der Waals surface area contributed by atoms with Crippen LogP contribution in [0.5, 0.6) is 0 Å². The summed E-state index contributed by atoms with van der Waals surface area (Å²) in [6.07, 6.45) is 31.8. The highest BCUT2D eigenvalue weighted by Crippen LogP contribution is 2.47. The molecule has 13 nitrogen and oxygen atoms in total. The fourth-order valence-electron chi connectivity index (χ4n) is 7.04. The van der Waals surface area contributed by atoms with E-state index in [0.29, 0.717) is 19.3 Å². The molecule has 1 aliphatic carbocycles. The molecule has 1 saturated carbocycles. The summed E-state index contributed by atoms with van der Waals surface area (Å²) in [5, 5.41) is 50.1. The number of rotatable bonds is 39. The lowest BCUT2D eigenvalue weighted by molar-refractivity contribution is -0.220. The third kappa shape index (κ3) is 30.0. The molecule has 0 radical (unpaired) electrons. The van der Waals surface area contributed by atoms with Crippen LogP contribution in [0.1, 0.15) is 187 Å². The Bertz CT molecular complexity index is 1270.